The molecule has 15 heavy (non-hydrogen) atoms. The van der Waals surface area contributed by atoms with E-state index in [-0.39, 0.29) is 11.8 Å². The molecule has 0 aromatic carbocycles. The molecule has 0 unspecified atom stereocenters. The SMILES string of the molecule is C=CC(=O)CN1CCN(I)[C@@H](CC#N)C1. The Morgan fingerprint density at radius 1 is 1.67 bits per heavy atom. The monoisotopic (exact) mass is 319 g/mol. The van der Waals surface area contributed by atoms with Crippen molar-refractivity contribution in [2.45, 2.75) is 12.5 Å². The molecule has 1 fully saturated rings. The van der Waals surface area contributed by atoms with E-state index < -0.39 is 0 Å². The van der Waals surface area contributed by atoms with Crippen molar-refractivity contribution in [3.63, 3.8) is 0 Å². The van der Waals surface area contributed by atoms with Crippen molar-refractivity contribution in [3.8, 4) is 6.07 Å². The fraction of sp³-hybridized carbons (Fsp3) is 0.600. The van der Waals surface area contributed by atoms with Crippen molar-refractivity contribution in [1.29, 1.82) is 5.26 Å². The second-order valence-electron chi connectivity index (χ2n) is 3.54. The van der Waals surface area contributed by atoms with Gasteiger partial charge in [0.1, 0.15) is 0 Å². The average Bonchev–Trinajstić information content (AvgIpc) is 2.23. The molecule has 0 saturated carbocycles. The van der Waals surface area contributed by atoms with Gasteiger partial charge in [-0.2, -0.15) is 5.26 Å². The van der Waals surface area contributed by atoms with Gasteiger partial charge in [-0.05, 0) is 6.08 Å². The molecule has 0 N–H and O–H groups in total. The zero-order chi connectivity index (χ0) is 11.3. The van der Waals surface area contributed by atoms with Crippen molar-refractivity contribution in [1.82, 2.24) is 8.01 Å². The Morgan fingerprint density at radius 2 is 2.40 bits per heavy atom. The second-order valence-corrected chi connectivity index (χ2v) is 4.78. The van der Waals surface area contributed by atoms with Crippen molar-refractivity contribution < 1.29 is 4.79 Å². The molecule has 1 aliphatic rings. The van der Waals surface area contributed by atoms with Crippen LogP contribution in [0.15, 0.2) is 12.7 Å². The number of hydrogen-bond acceptors (Lipinski definition) is 4. The van der Waals surface area contributed by atoms with Gasteiger partial charge in [0, 0.05) is 48.5 Å². The summed E-state index contributed by atoms with van der Waals surface area (Å²) in [7, 11) is 0. The van der Waals surface area contributed by atoms with Gasteiger partial charge in [-0.1, -0.05) is 6.58 Å². The summed E-state index contributed by atoms with van der Waals surface area (Å²) in [4.78, 5) is 13.3. The van der Waals surface area contributed by atoms with Gasteiger partial charge >= 0.3 is 0 Å². The van der Waals surface area contributed by atoms with Gasteiger partial charge in [0.25, 0.3) is 0 Å². The zero-order valence-electron chi connectivity index (χ0n) is 8.53. The van der Waals surface area contributed by atoms with E-state index in [1.807, 2.05) is 0 Å². The number of piperazine rings is 1. The first kappa shape index (κ1) is 12.6. The van der Waals surface area contributed by atoms with Crippen LogP contribution in [0.1, 0.15) is 6.42 Å². The summed E-state index contributed by atoms with van der Waals surface area (Å²) in [6.45, 7) is 6.45. The summed E-state index contributed by atoms with van der Waals surface area (Å²) in [5.74, 6) is 0.0487. The maximum absolute atomic E-state index is 11.2. The first-order valence-corrected chi connectivity index (χ1v) is 5.81. The summed E-state index contributed by atoms with van der Waals surface area (Å²) in [5, 5.41) is 8.67. The molecular weight excluding hydrogens is 305 g/mol. The molecule has 0 amide bonds. The van der Waals surface area contributed by atoms with Crippen molar-refractivity contribution >= 4 is 28.6 Å². The molecule has 0 aliphatic carbocycles. The first-order chi connectivity index (χ1) is 7.17. The number of ketones is 1. The lowest BCUT2D eigenvalue weighted by atomic mass is 10.1. The fourth-order valence-electron chi connectivity index (χ4n) is 1.59. The van der Waals surface area contributed by atoms with Gasteiger partial charge in [-0.25, -0.2) is 3.11 Å². The fourth-order valence-corrected chi connectivity index (χ4v) is 2.18. The lowest BCUT2D eigenvalue weighted by molar-refractivity contribution is -0.116. The van der Waals surface area contributed by atoms with Crippen LogP contribution in [0, 0.1) is 11.3 Å². The van der Waals surface area contributed by atoms with Crippen LogP contribution in [-0.4, -0.2) is 46.0 Å². The Labute approximate surface area is 104 Å². The van der Waals surface area contributed by atoms with E-state index in [2.05, 4.69) is 43.5 Å². The molecule has 1 saturated heterocycles. The smallest absolute Gasteiger partial charge is 0.169 e. The lowest BCUT2D eigenvalue weighted by Crippen LogP contribution is -2.50. The van der Waals surface area contributed by atoms with Gasteiger partial charge in [0.15, 0.2) is 5.78 Å². The number of nitriles is 1. The molecule has 0 spiro atoms. The highest BCUT2D eigenvalue weighted by atomic mass is 127. The van der Waals surface area contributed by atoms with E-state index in [1.54, 1.807) is 0 Å². The Bertz CT molecular complexity index is 287. The van der Waals surface area contributed by atoms with Gasteiger partial charge < -0.3 is 0 Å². The van der Waals surface area contributed by atoms with Crippen LogP contribution in [0.3, 0.4) is 0 Å². The minimum Gasteiger partial charge on any atom is -0.293 e. The van der Waals surface area contributed by atoms with Gasteiger partial charge in [-0.15, -0.1) is 0 Å². The highest BCUT2D eigenvalue weighted by molar-refractivity contribution is 14.1. The van der Waals surface area contributed by atoms with Crippen LogP contribution in [-0.2, 0) is 4.79 Å². The Balaban J connectivity index is 2.47. The maximum Gasteiger partial charge on any atom is 0.169 e. The van der Waals surface area contributed by atoms with E-state index in [1.165, 1.54) is 6.08 Å². The molecule has 4 nitrogen and oxygen atoms in total. The maximum atomic E-state index is 11.2. The molecular formula is C10H14IN3O. The van der Waals surface area contributed by atoms with Crippen molar-refractivity contribution in [2.75, 3.05) is 26.2 Å². The summed E-state index contributed by atoms with van der Waals surface area (Å²) in [5.41, 5.74) is 0. The third-order valence-corrected chi connectivity index (χ3v) is 3.70. The lowest BCUT2D eigenvalue weighted by Gasteiger charge is -2.36. The van der Waals surface area contributed by atoms with E-state index in [4.69, 9.17) is 5.26 Å². The summed E-state index contributed by atoms with van der Waals surface area (Å²) in [6.07, 6.45) is 1.87. The van der Waals surface area contributed by atoms with E-state index >= 15 is 0 Å². The molecule has 1 atom stereocenters. The minimum atomic E-state index is 0.0487. The van der Waals surface area contributed by atoms with E-state index in [0.29, 0.717) is 13.0 Å². The second kappa shape index (κ2) is 6.20. The van der Waals surface area contributed by atoms with Crippen LogP contribution >= 0.6 is 22.9 Å². The zero-order valence-corrected chi connectivity index (χ0v) is 10.7. The molecule has 5 heteroatoms. The average molecular weight is 319 g/mol. The van der Waals surface area contributed by atoms with Gasteiger partial charge in [0.2, 0.25) is 0 Å². The molecule has 82 valence electrons. The highest BCUT2D eigenvalue weighted by Gasteiger charge is 2.25. The third-order valence-electron chi connectivity index (χ3n) is 2.43. The Kier molecular flexibility index (Phi) is 5.22. The van der Waals surface area contributed by atoms with Crippen LogP contribution in [0.5, 0.6) is 0 Å². The van der Waals surface area contributed by atoms with E-state index in [9.17, 15) is 4.79 Å². The normalized spacial score (nSPS) is 23.3. The van der Waals surface area contributed by atoms with Crippen LogP contribution in [0.2, 0.25) is 0 Å². The predicted octanol–water partition coefficient (Wildman–Crippen LogP) is 0.991. The molecule has 0 aromatic heterocycles. The first-order valence-electron chi connectivity index (χ1n) is 4.84. The largest absolute Gasteiger partial charge is 0.293 e. The molecule has 1 aliphatic heterocycles. The van der Waals surface area contributed by atoms with Gasteiger partial charge in [-0.3, -0.25) is 9.69 Å². The number of carbonyl (C=O) groups excluding carboxylic acids is 1. The molecule has 0 bridgehead atoms. The number of rotatable bonds is 4. The van der Waals surface area contributed by atoms with Crippen LogP contribution in [0.25, 0.3) is 0 Å². The molecule has 0 aromatic rings. The predicted molar refractivity (Wildman–Crippen MR) is 66.4 cm³/mol. The van der Waals surface area contributed by atoms with Crippen LogP contribution < -0.4 is 0 Å². The van der Waals surface area contributed by atoms with E-state index in [0.717, 1.165) is 19.6 Å². The van der Waals surface area contributed by atoms with Crippen molar-refractivity contribution in [3.05, 3.63) is 12.7 Å². The Morgan fingerprint density at radius 3 is 3.00 bits per heavy atom. The summed E-state index contributed by atoms with van der Waals surface area (Å²) in [6, 6.07) is 2.42. The minimum absolute atomic E-state index is 0.0487. The molecule has 1 rings (SSSR count). The number of hydrogen-bond donors (Lipinski definition) is 0. The van der Waals surface area contributed by atoms with Crippen molar-refractivity contribution in [2.24, 2.45) is 0 Å². The quantitative estimate of drug-likeness (QED) is 0.440. The number of nitrogens with zero attached hydrogens (tertiary/aromatic N) is 3. The number of halogens is 1. The molecule has 1 heterocycles. The molecule has 0 radical (unpaired) electrons. The summed E-state index contributed by atoms with van der Waals surface area (Å²) >= 11 is 2.25. The van der Waals surface area contributed by atoms with Crippen LogP contribution in [0.4, 0.5) is 0 Å². The highest BCUT2D eigenvalue weighted by Crippen LogP contribution is 2.16. The Hall–Kier alpha value is -0.450. The summed E-state index contributed by atoms with van der Waals surface area (Å²) < 4.78 is 2.15. The van der Waals surface area contributed by atoms with Gasteiger partial charge in [0.05, 0.1) is 19.0 Å². The third kappa shape index (κ3) is 3.89. The number of carbonyl (C=O) groups is 1. The standard InChI is InChI=1S/C10H14IN3O/c1-2-10(15)8-13-5-6-14(11)9(7-13)3-4-12/h2,9H,1,3,5-8H2/t9-/m0/s1. The topological polar surface area (TPSA) is 47.3 Å².